The van der Waals surface area contributed by atoms with E-state index >= 15 is 0 Å². The zero-order valence-electron chi connectivity index (χ0n) is 22.9. The quantitative estimate of drug-likeness (QED) is 0.346. The van der Waals surface area contributed by atoms with Gasteiger partial charge in [-0.25, -0.2) is 8.42 Å². The molecule has 0 unspecified atom stereocenters. The minimum Gasteiger partial charge on any atom is -0.352 e. The van der Waals surface area contributed by atoms with Crippen molar-refractivity contribution in [2.75, 3.05) is 13.6 Å². The number of rotatable bonds is 11. The number of nitrogens with one attached hydrogen (secondary N) is 1. The molecule has 9 heteroatoms. The Morgan fingerprint density at radius 3 is 2.23 bits per heavy atom. The van der Waals surface area contributed by atoms with Gasteiger partial charge in [0, 0.05) is 31.1 Å². The second-order valence-corrected chi connectivity index (χ2v) is 12.8. The van der Waals surface area contributed by atoms with Crippen molar-refractivity contribution in [3.05, 3.63) is 101 Å². The van der Waals surface area contributed by atoms with Crippen LogP contribution in [0.3, 0.4) is 0 Å². The van der Waals surface area contributed by atoms with Gasteiger partial charge < -0.3 is 10.2 Å². The third-order valence-electron chi connectivity index (χ3n) is 7.36. The van der Waals surface area contributed by atoms with Crippen molar-refractivity contribution in [3.8, 4) is 0 Å². The third-order valence-corrected chi connectivity index (χ3v) is 9.54. The van der Waals surface area contributed by atoms with Gasteiger partial charge in [-0.3, -0.25) is 9.59 Å². The molecule has 0 spiro atoms. The minimum absolute atomic E-state index is 0.0620. The topological polar surface area (TPSA) is 86.8 Å². The number of hydrogen-bond donors (Lipinski definition) is 1. The van der Waals surface area contributed by atoms with Gasteiger partial charge >= 0.3 is 0 Å². The molecule has 1 saturated carbocycles. The lowest BCUT2D eigenvalue weighted by atomic mass is 10.0. The van der Waals surface area contributed by atoms with Crippen LogP contribution in [-0.4, -0.2) is 55.1 Å². The summed E-state index contributed by atoms with van der Waals surface area (Å²) in [5.41, 5.74) is 2.50. The summed E-state index contributed by atoms with van der Waals surface area (Å²) in [5, 5.41) is 3.62. The van der Waals surface area contributed by atoms with Crippen LogP contribution in [-0.2, 0) is 32.6 Å². The molecule has 1 fully saturated rings. The lowest BCUT2D eigenvalue weighted by Gasteiger charge is -2.33. The maximum Gasteiger partial charge on any atom is 0.243 e. The van der Waals surface area contributed by atoms with Crippen molar-refractivity contribution in [2.24, 2.45) is 0 Å². The van der Waals surface area contributed by atoms with E-state index in [4.69, 9.17) is 11.6 Å². The molecular formula is C31H36ClN3O4S. The summed E-state index contributed by atoms with van der Waals surface area (Å²) in [4.78, 5) is 29.3. The molecule has 2 amide bonds. The molecule has 0 heterocycles. The predicted octanol–water partition coefficient (Wildman–Crippen LogP) is 4.97. The molecule has 7 nitrogen and oxygen atoms in total. The molecule has 1 atom stereocenters. The van der Waals surface area contributed by atoms with E-state index < -0.39 is 28.5 Å². The van der Waals surface area contributed by atoms with E-state index in [0.717, 1.165) is 41.1 Å². The van der Waals surface area contributed by atoms with E-state index in [1.807, 2.05) is 49.4 Å². The number of benzene rings is 3. The summed E-state index contributed by atoms with van der Waals surface area (Å²) in [5.74, 6) is -0.735. The Hall–Kier alpha value is -3.20. The highest BCUT2D eigenvalue weighted by molar-refractivity contribution is 7.89. The van der Waals surface area contributed by atoms with E-state index in [1.54, 1.807) is 24.3 Å². The summed E-state index contributed by atoms with van der Waals surface area (Å²) < 4.78 is 27.6. The monoisotopic (exact) mass is 581 g/mol. The normalized spacial score (nSPS) is 14.7. The first-order chi connectivity index (χ1) is 19.1. The van der Waals surface area contributed by atoms with Crippen molar-refractivity contribution >= 4 is 33.4 Å². The highest BCUT2D eigenvalue weighted by atomic mass is 35.5. The van der Waals surface area contributed by atoms with E-state index in [2.05, 4.69) is 5.32 Å². The minimum atomic E-state index is -3.93. The Balaban J connectivity index is 1.66. The van der Waals surface area contributed by atoms with Crippen LogP contribution in [0.4, 0.5) is 0 Å². The van der Waals surface area contributed by atoms with Crippen molar-refractivity contribution in [1.82, 2.24) is 14.5 Å². The van der Waals surface area contributed by atoms with Crippen LogP contribution >= 0.6 is 11.6 Å². The standard InChI is InChI=1S/C31H36ClN3O4S/c1-23-16-18-27(19-17-23)40(38,39)34(2)22-30(36)35(21-25-12-6-9-15-28(25)32)29(20-24-10-4-3-5-11-24)31(37)33-26-13-7-8-14-26/h3-6,9-12,15-19,26,29H,7-8,13-14,20-22H2,1-2H3,(H,33,37)/t29-/m1/s1. The second-order valence-electron chi connectivity index (χ2n) is 10.4. The Morgan fingerprint density at radius 1 is 0.950 bits per heavy atom. The van der Waals surface area contributed by atoms with Crippen LogP contribution < -0.4 is 5.32 Å². The second kappa shape index (κ2) is 13.4. The number of carbonyl (C=O) groups excluding carboxylic acids is 2. The van der Waals surface area contributed by atoms with Gasteiger partial charge in [0.25, 0.3) is 0 Å². The molecule has 40 heavy (non-hydrogen) atoms. The molecule has 0 aromatic heterocycles. The van der Waals surface area contributed by atoms with Crippen molar-refractivity contribution in [2.45, 2.75) is 62.6 Å². The Kier molecular flexibility index (Phi) is 10.0. The van der Waals surface area contributed by atoms with Crippen molar-refractivity contribution in [3.63, 3.8) is 0 Å². The van der Waals surface area contributed by atoms with Crippen LogP contribution in [0, 0.1) is 6.92 Å². The summed E-state index contributed by atoms with van der Waals surface area (Å²) in [6.45, 7) is 1.51. The van der Waals surface area contributed by atoms with Gasteiger partial charge in [-0.1, -0.05) is 90.7 Å². The number of nitrogens with zero attached hydrogens (tertiary/aromatic N) is 2. The first-order valence-corrected chi connectivity index (χ1v) is 15.4. The number of halogens is 1. The van der Waals surface area contributed by atoms with Gasteiger partial charge in [0.05, 0.1) is 11.4 Å². The SMILES string of the molecule is Cc1ccc(S(=O)(=O)N(C)CC(=O)N(Cc2ccccc2Cl)[C@H](Cc2ccccc2)C(=O)NC2CCCC2)cc1. The van der Waals surface area contributed by atoms with Crippen LogP contribution in [0.2, 0.25) is 5.02 Å². The van der Waals surface area contributed by atoms with Gasteiger partial charge in [-0.05, 0) is 49.1 Å². The molecule has 1 N–H and O–H groups in total. The maximum absolute atomic E-state index is 14.0. The van der Waals surface area contributed by atoms with E-state index in [1.165, 1.54) is 24.1 Å². The van der Waals surface area contributed by atoms with Crippen LogP contribution in [0.5, 0.6) is 0 Å². The molecule has 4 rings (SSSR count). The fraction of sp³-hybridized carbons (Fsp3) is 0.355. The highest BCUT2D eigenvalue weighted by Crippen LogP contribution is 2.23. The summed E-state index contributed by atoms with van der Waals surface area (Å²) in [7, 11) is -2.55. The summed E-state index contributed by atoms with van der Waals surface area (Å²) in [6.07, 6.45) is 4.19. The first kappa shape index (κ1) is 29.8. The molecule has 0 aliphatic heterocycles. The van der Waals surface area contributed by atoms with Crippen LogP contribution in [0.25, 0.3) is 0 Å². The van der Waals surface area contributed by atoms with Crippen LogP contribution in [0.15, 0.2) is 83.8 Å². The van der Waals surface area contributed by atoms with E-state index in [9.17, 15) is 18.0 Å². The first-order valence-electron chi connectivity index (χ1n) is 13.6. The summed E-state index contributed by atoms with van der Waals surface area (Å²) >= 11 is 6.48. The molecule has 0 saturated heterocycles. The van der Waals surface area contributed by atoms with E-state index in [0.29, 0.717) is 10.6 Å². The molecule has 3 aromatic carbocycles. The number of sulfonamides is 1. The molecule has 1 aliphatic carbocycles. The maximum atomic E-state index is 14.0. The van der Waals surface area contributed by atoms with Crippen LogP contribution in [0.1, 0.15) is 42.4 Å². The molecule has 0 radical (unpaired) electrons. The average Bonchev–Trinajstić information content (AvgIpc) is 3.45. The number of amides is 2. The van der Waals surface area contributed by atoms with E-state index in [-0.39, 0.29) is 29.8 Å². The highest BCUT2D eigenvalue weighted by Gasteiger charge is 2.34. The molecule has 1 aliphatic rings. The van der Waals surface area contributed by atoms with Gasteiger partial charge in [0.2, 0.25) is 21.8 Å². The molecular weight excluding hydrogens is 546 g/mol. The zero-order valence-corrected chi connectivity index (χ0v) is 24.5. The Labute approximate surface area is 242 Å². The lowest BCUT2D eigenvalue weighted by molar-refractivity contribution is -0.141. The number of carbonyl (C=O) groups is 2. The molecule has 3 aromatic rings. The lowest BCUT2D eigenvalue weighted by Crippen LogP contribution is -2.54. The third kappa shape index (κ3) is 7.50. The molecule has 0 bridgehead atoms. The number of likely N-dealkylation sites (N-methyl/N-ethyl adjacent to an activating group) is 1. The zero-order chi connectivity index (χ0) is 28.7. The van der Waals surface area contributed by atoms with Gasteiger partial charge in [0.15, 0.2) is 0 Å². The van der Waals surface area contributed by atoms with Gasteiger partial charge in [0.1, 0.15) is 6.04 Å². The Bertz CT molecular complexity index is 1410. The Morgan fingerprint density at radius 2 is 1.57 bits per heavy atom. The molecule has 212 valence electrons. The fourth-order valence-electron chi connectivity index (χ4n) is 4.99. The average molecular weight is 582 g/mol. The van der Waals surface area contributed by atoms with Gasteiger partial charge in [-0.15, -0.1) is 0 Å². The number of aryl methyl sites for hydroxylation is 1. The summed E-state index contributed by atoms with van der Waals surface area (Å²) in [6, 6.07) is 22.4. The largest absolute Gasteiger partial charge is 0.352 e. The smallest absolute Gasteiger partial charge is 0.243 e. The van der Waals surface area contributed by atoms with Gasteiger partial charge in [-0.2, -0.15) is 4.31 Å². The number of hydrogen-bond acceptors (Lipinski definition) is 4. The fourth-order valence-corrected chi connectivity index (χ4v) is 6.30. The van der Waals surface area contributed by atoms with Crippen molar-refractivity contribution in [1.29, 1.82) is 0 Å². The predicted molar refractivity (Wildman–Crippen MR) is 157 cm³/mol. The van der Waals surface area contributed by atoms with Crippen molar-refractivity contribution < 1.29 is 18.0 Å².